The number of nitriles is 1. The van der Waals surface area contributed by atoms with E-state index >= 15 is 0 Å². The van der Waals surface area contributed by atoms with Crippen molar-refractivity contribution in [1.82, 2.24) is 9.78 Å². The van der Waals surface area contributed by atoms with Gasteiger partial charge in [-0.1, -0.05) is 15.9 Å². The minimum absolute atomic E-state index is 0.149. The van der Waals surface area contributed by atoms with Crippen LogP contribution in [0.4, 0.5) is 5.82 Å². The van der Waals surface area contributed by atoms with Gasteiger partial charge in [0.25, 0.3) is 0 Å². The first-order chi connectivity index (χ1) is 10.1. The largest absolute Gasteiger partial charge is 0.466 e. The molecule has 0 N–H and O–H groups in total. The zero-order valence-electron chi connectivity index (χ0n) is 11.8. The van der Waals surface area contributed by atoms with E-state index in [1.165, 1.54) is 4.90 Å². The number of esters is 1. The van der Waals surface area contributed by atoms with Crippen LogP contribution in [0.25, 0.3) is 10.9 Å². The summed E-state index contributed by atoms with van der Waals surface area (Å²) in [5, 5.41) is 14.6. The van der Waals surface area contributed by atoms with Crippen molar-refractivity contribution < 1.29 is 9.53 Å². The fourth-order valence-electron chi connectivity index (χ4n) is 2.05. The van der Waals surface area contributed by atoms with Crippen LogP contribution in [0.1, 0.15) is 13.3 Å². The number of hydrogen-bond donors (Lipinski definition) is 0. The first-order valence-corrected chi connectivity index (χ1v) is 7.31. The predicted molar refractivity (Wildman–Crippen MR) is 82.6 cm³/mol. The number of benzene rings is 1. The molecular formula is C14H15BrN4O2. The van der Waals surface area contributed by atoms with Gasteiger partial charge in [0.05, 0.1) is 18.5 Å². The molecule has 2 aromatic rings. The van der Waals surface area contributed by atoms with E-state index in [0.29, 0.717) is 12.4 Å². The van der Waals surface area contributed by atoms with Crippen LogP contribution in [0, 0.1) is 11.5 Å². The molecule has 0 atom stereocenters. The minimum Gasteiger partial charge on any atom is -0.466 e. The van der Waals surface area contributed by atoms with Gasteiger partial charge in [-0.2, -0.15) is 10.4 Å². The number of aromatic nitrogens is 2. The minimum atomic E-state index is -0.319. The average Bonchev–Trinajstić information content (AvgIpc) is 2.77. The molecule has 7 heteroatoms. The number of aryl methyl sites for hydroxylation is 1. The maximum Gasteiger partial charge on any atom is 0.307 e. The third-order valence-corrected chi connectivity index (χ3v) is 3.51. The van der Waals surface area contributed by atoms with Gasteiger partial charge < -0.3 is 4.74 Å². The van der Waals surface area contributed by atoms with Gasteiger partial charge in [0.1, 0.15) is 0 Å². The summed E-state index contributed by atoms with van der Waals surface area (Å²) in [6, 6.07) is 5.73. The van der Waals surface area contributed by atoms with Crippen molar-refractivity contribution in [2.75, 3.05) is 18.1 Å². The lowest BCUT2D eigenvalue weighted by atomic mass is 10.2. The zero-order valence-corrected chi connectivity index (χ0v) is 13.4. The van der Waals surface area contributed by atoms with Crippen LogP contribution in [0.5, 0.6) is 0 Å². The van der Waals surface area contributed by atoms with E-state index in [4.69, 9.17) is 4.74 Å². The maximum atomic E-state index is 11.4. The molecule has 0 saturated heterocycles. The second-order valence-electron chi connectivity index (χ2n) is 4.42. The Morgan fingerprint density at radius 1 is 1.57 bits per heavy atom. The average molecular weight is 351 g/mol. The van der Waals surface area contributed by atoms with Crippen LogP contribution < -0.4 is 4.90 Å². The summed E-state index contributed by atoms with van der Waals surface area (Å²) in [4.78, 5) is 12.8. The van der Waals surface area contributed by atoms with Crippen LogP contribution in [-0.2, 0) is 16.6 Å². The van der Waals surface area contributed by atoms with Crippen molar-refractivity contribution in [3.8, 4) is 6.19 Å². The van der Waals surface area contributed by atoms with E-state index in [-0.39, 0.29) is 18.9 Å². The summed E-state index contributed by atoms with van der Waals surface area (Å²) < 4.78 is 7.53. The van der Waals surface area contributed by atoms with Crippen LogP contribution in [-0.4, -0.2) is 28.9 Å². The lowest BCUT2D eigenvalue weighted by Gasteiger charge is -2.12. The van der Waals surface area contributed by atoms with Crippen molar-refractivity contribution in [2.24, 2.45) is 7.05 Å². The molecule has 0 bridgehead atoms. The SMILES string of the molecule is CCOC(=O)CCN(C#N)c1nn(C)c2cc(Br)ccc12. The second kappa shape index (κ2) is 6.59. The third-order valence-electron chi connectivity index (χ3n) is 3.02. The first kappa shape index (κ1) is 15.3. The van der Waals surface area contributed by atoms with E-state index < -0.39 is 0 Å². The fraction of sp³-hybridized carbons (Fsp3) is 0.357. The lowest BCUT2D eigenvalue weighted by Crippen LogP contribution is -2.22. The van der Waals surface area contributed by atoms with Gasteiger partial charge in [-0.3, -0.25) is 14.4 Å². The highest BCUT2D eigenvalue weighted by Crippen LogP contribution is 2.28. The molecule has 110 valence electrons. The Morgan fingerprint density at radius 2 is 2.33 bits per heavy atom. The summed E-state index contributed by atoms with van der Waals surface area (Å²) in [7, 11) is 1.82. The first-order valence-electron chi connectivity index (χ1n) is 6.52. The van der Waals surface area contributed by atoms with Crippen molar-refractivity contribution in [2.45, 2.75) is 13.3 Å². The van der Waals surface area contributed by atoms with E-state index in [0.717, 1.165) is 15.4 Å². The van der Waals surface area contributed by atoms with Gasteiger partial charge >= 0.3 is 5.97 Å². The van der Waals surface area contributed by atoms with Gasteiger partial charge in [0, 0.05) is 23.5 Å². The molecule has 0 radical (unpaired) electrons. The number of carbonyl (C=O) groups excluding carboxylic acids is 1. The molecule has 0 spiro atoms. The molecule has 1 aromatic heterocycles. The number of hydrogen-bond acceptors (Lipinski definition) is 5. The lowest BCUT2D eigenvalue weighted by molar-refractivity contribution is -0.142. The molecule has 1 aromatic carbocycles. The predicted octanol–water partition coefficient (Wildman–Crippen LogP) is 2.58. The Morgan fingerprint density at radius 3 is 3.00 bits per heavy atom. The quantitative estimate of drug-likeness (QED) is 0.470. The van der Waals surface area contributed by atoms with Crippen molar-refractivity contribution in [3.05, 3.63) is 22.7 Å². The molecule has 0 aliphatic carbocycles. The molecule has 0 aliphatic heterocycles. The molecule has 2 rings (SSSR count). The number of rotatable bonds is 5. The Balaban J connectivity index is 2.27. The van der Waals surface area contributed by atoms with E-state index in [1.54, 1.807) is 11.6 Å². The monoisotopic (exact) mass is 350 g/mol. The van der Waals surface area contributed by atoms with Gasteiger partial charge in [-0.15, -0.1) is 0 Å². The summed E-state index contributed by atoms with van der Waals surface area (Å²) in [6.45, 7) is 2.34. The van der Waals surface area contributed by atoms with Gasteiger partial charge in [-0.25, -0.2) is 0 Å². The summed E-state index contributed by atoms with van der Waals surface area (Å²) >= 11 is 3.42. The molecule has 0 amide bonds. The molecule has 0 aliphatic rings. The van der Waals surface area contributed by atoms with Crippen LogP contribution in [0.2, 0.25) is 0 Å². The number of halogens is 1. The second-order valence-corrected chi connectivity index (χ2v) is 5.33. The number of anilines is 1. The van der Waals surface area contributed by atoms with Crippen LogP contribution >= 0.6 is 15.9 Å². The molecule has 0 unspecified atom stereocenters. The Hall–Kier alpha value is -2.07. The van der Waals surface area contributed by atoms with Gasteiger partial charge in [-0.05, 0) is 25.1 Å². The zero-order chi connectivity index (χ0) is 15.4. The smallest absolute Gasteiger partial charge is 0.307 e. The highest BCUT2D eigenvalue weighted by atomic mass is 79.9. The number of ether oxygens (including phenoxy) is 1. The highest BCUT2D eigenvalue weighted by Gasteiger charge is 2.17. The third kappa shape index (κ3) is 3.34. The maximum absolute atomic E-state index is 11.4. The van der Waals surface area contributed by atoms with Crippen molar-refractivity contribution in [1.29, 1.82) is 5.26 Å². The molecule has 0 saturated carbocycles. The highest BCUT2D eigenvalue weighted by molar-refractivity contribution is 9.10. The van der Waals surface area contributed by atoms with Crippen LogP contribution in [0.3, 0.4) is 0 Å². The number of carbonyl (C=O) groups is 1. The number of nitrogens with zero attached hydrogens (tertiary/aromatic N) is 4. The Labute approximate surface area is 131 Å². The number of fused-ring (bicyclic) bond motifs is 1. The van der Waals surface area contributed by atoms with E-state index in [2.05, 4.69) is 27.2 Å². The molecule has 0 fully saturated rings. The standard InChI is InChI=1S/C14H15BrN4O2/c1-3-21-13(20)6-7-19(9-16)14-11-5-4-10(15)8-12(11)18(2)17-14/h4-5,8H,3,6-7H2,1-2H3. The topological polar surface area (TPSA) is 71.2 Å². The summed E-state index contributed by atoms with van der Waals surface area (Å²) in [5.74, 6) is 0.229. The van der Waals surface area contributed by atoms with Crippen LogP contribution in [0.15, 0.2) is 22.7 Å². The van der Waals surface area contributed by atoms with E-state index in [9.17, 15) is 10.1 Å². The fourth-order valence-corrected chi connectivity index (χ4v) is 2.40. The van der Waals surface area contributed by atoms with Gasteiger partial charge in [0.15, 0.2) is 12.0 Å². The summed E-state index contributed by atoms with van der Waals surface area (Å²) in [5.41, 5.74) is 0.913. The Kier molecular flexibility index (Phi) is 4.81. The van der Waals surface area contributed by atoms with E-state index in [1.807, 2.05) is 25.2 Å². The van der Waals surface area contributed by atoms with Crippen molar-refractivity contribution in [3.63, 3.8) is 0 Å². The summed E-state index contributed by atoms with van der Waals surface area (Å²) in [6.07, 6.45) is 2.22. The normalized spacial score (nSPS) is 10.4. The Bertz CT molecular complexity index is 705. The molecule has 21 heavy (non-hydrogen) atoms. The molecule has 1 heterocycles. The van der Waals surface area contributed by atoms with Crippen molar-refractivity contribution >= 4 is 38.6 Å². The molecular weight excluding hydrogens is 336 g/mol. The molecule has 6 nitrogen and oxygen atoms in total. The van der Waals surface area contributed by atoms with Gasteiger partial charge in [0.2, 0.25) is 0 Å².